The second-order valence-electron chi connectivity index (χ2n) is 4.66. The molecule has 3 nitrogen and oxygen atoms in total. The Hall–Kier alpha value is -2.10. The van der Waals surface area contributed by atoms with Gasteiger partial charge in [-0.3, -0.25) is 9.78 Å². The second kappa shape index (κ2) is 6.34. The smallest absolute Gasteiger partial charge is 0.200 e. The van der Waals surface area contributed by atoms with Crippen LogP contribution in [0, 0.1) is 0 Å². The number of hydrogen-bond acceptors (Lipinski definition) is 3. The van der Waals surface area contributed by atoms with Crippen molar-refractivity contribution in [3.63, 3.8) is 0 Å². The lowest BCUT2D eigenvalue weighted by molar-refractivity contribution is 0.0922. The fourth-order valence-electron chi connectivity index (χ4n) is 2.09. The van der Waals surface area contributed by atoms with Gasteiger partial charge in [0.15, 0.2) is 12.4 Å². The highest BCUT2D eigenvalue weighted by molar-refractivity contribution is 6.35. The van der Waals surface area contributed by atoms with Gasteiger partial charge in [0.1, 0.15) is 11.3 Å². The summed E-state index contributed by atoms with van der Waals surface area (Å²) in [7, 11) is 0. The maximum Gasteiger partial charge on any atom is 0.200 e. The van der Waals surface area contributed by atoms with Crippen molar-refractivity contribution < 1.29 is 9.53 Å². The van der Waals surface area contributed by atoms with Crippen molar-refractivity contribution >= 4 is 39.9 Å². The molecule has 0 saturated heterocycles. The van der Waals surface area contributed by atoms with Crippen LogP contribution in [-0.2, 0) is 0 Å². The van der Waals surface area contributed by atoms with Crippen LogP contribution >= 0.6 is 23.2 Å². The third-order valence-corrected chi connectivity index (χ3v) is 3.79. The minimum absolute atomic E-state index is 0.0745. The molecule has 2 aromatic carbocycles. The van der Waals surface area contributed by atoms with Crippen LogP contribution in [0.1, 0.15) is 10.4 Å². The number of rotatable bonds is 4. The van der Waals surface area contributed by atoms with Gasteiger partial charge in [0.25, 0.3) is 0 Å². The number of benzene rings is 2. The maximum atomic E-state index is 12.1. The van der Waals surface area contributed by atoms with E-state index in [9.17, 15) is 4.79 Å². The number of halogens is 2. The van der Waals surface area contributed by atoms with Gasteiger partial charge in [0.2, 0.25) is 0 Å². The molecule has 3 rings (SSSR count). The van der Waals surface area contributed by atoms with Crippen molar-refractivity contribution in [1.29, 1.82) is 0 Å². The Morgan fingerprint density at radius 2 is 1.82 bits per heavy atom. The molecule has 0 spiro atoms. The van der Waals surface area contributed by atoms with Gasteiger partial charge >= 0.3 is 0 Å². The largest absolute Gasteiger partial charge is 0.483 e. The molecule has 22 heavy (non-hydrogen) atoms. The Kier molecular flexibility index (Phi) is 4.27. The van der Waals surface area contributed by atoms with Gasteiger partial charge in [-0.05, 0) is 48.5 Å². The summed E-state index contributed by atoms with van der Waals surface area (Å²) in [6.45, 7) is -0.0745. The first-order chi connectivity index (χ1) is 10.6. The number of hydrogen-bond donors (Lipinski definition) is 0. The van der Waals surface area contributed by atoms with Crippen LogP contribution < -0.4 is 4.74 Å². The zero-order valence-corrected chi connectivity index (χ0v) is 12.9. The topological polar surface area (TPSA) is 39.2 Å². The molecule has 0 unspecified atom stereocenters. The van der Waals surface area contributed by atoms with E-state index < -0.39 is 0 Å². The van der Waals surface area contributed by atoms with E-state index in [0.717, 1.165) is 5.39 Å². The molecule has 1 heterocycles. The van der Waals surface area contributed by atoms with Crippen LogP contribution in [-0.4, -0.2) is 17.4 Å². The predicted molar refractivity (Wildman–Crippen MR) is 88.0 cm³/mol. The zero-order valence-electron chi connectivity index (χ0n) is 11.4. The zero-order chi connectivity index (χ0) is 15.5. The average molecular weight is 332 g/mol. The number of carbonyl (C=O) groups excluding carboxylic acids is 1. The minimum Gasteiger partial charge on any atom is -0.483 e. The summed E-state index contributed by atoms with van der Waals surface area (Å²) in [5.41, 5.74) is 1.19. The summed E-state index contributed by atoms with van der Waals surface area (Å²) in [6, 6.07) is 13.8. The fraction of sp³-hybridized carbons (Fsp3) is 0.0588. The van der Waals surface area contributed by atoms with Gasteiger partial charge in [-0.15, -0.1) is 0 Å². The number of Topliss-reactive ketones (excluding diaryl/α,β-unsaturated/α-hetero) is 1. The molecule has 5 heteroatoms. The molecule has 0 atom stereocenters. The van der Waals surface area contributed by atoms with Gasteiger partial charge in [-0.25, -0.2) is 0 Å². The summed E-state index contributed by atoms with van der Waals surface area (Å²) in [5.74, 6) is 0.401. The summed E-state index contributed by atoms with van der Waals surface area (Å²) in [6.07, 6.45) is 1.66. The molecule has 0 saturated carbocycles. The number of aromatic nitrogens is 1. The van der Waals surface area contributed by atoms with E-state index in [2.05, 4.69) is 4.98 Å². The number of ether oxygens (including phenoxy) is 1. The molecule has 1 aromatic heterocycles. The lowest BCUT2D eigenvalue weighted by Crippen LogP contribution is -2.11. The lowest BCUT2D eigenvalue weighted by atomic mass is 10.1. The van der Waals surface area contributed by atoms with Crippen LogP contribution in [0.2, 0.25) is 10.0 Å². The Morgan fingerprint density at radius 3 is 2.59 bits per heavy atom. The van der Waals surface area contributed by atoms with E-state index in [1.165, 1.54) is 0 Å². The van der Waals surface area contributed by atoms with E-state index >= 15 is 0 Å². The number of carbonyl (C=O) groups is 1. The number of fused-ring (bicyclic) bond motifs is 1. The SMILES string of the molecule is O=C(COc1ccc(Cl)c2cccnc12)c1ccc(Cl)cc1. The quantitative estimate of drug-likeness (QED) is 0.644. The Balaban J connectivity index is 1.81. The fourth-order valence-corrected chi connectivity index (χ4v) is 2.43. The molecule has 0 aliphatic rings. The Morgan fingerprint density at radius 1 is 1.05 bits per heavy atom. The van der Waals surface area contributed by atoms with Crippen LogP contribution in [0.3, 0.4) is 0 Å². The van der Waals surface area contributed by atoms with E-state index in [-0.39, 0.29) is 12.4 Å². The Labute approximate surface area is 137 Å². The predicted octanol–water partition coefficient (Wildman–Crippen LogP) is 4.80. The maximum absolute atomic E-state index is 12.1. The normalized spacial score (nSPS) is 10.6. The van der Waals surface area contributed by atoms with Gasteiger partial charge in [0, 0.05) is 22.2 Å². The molecule has 0 aliphatic carbocycles. The highest BCUT2D eigenvalue weighted by atomic mass is 35.5. The molecular formula is C17H11Cl2NO2. The van der Waals surface area contributed by atoms with Gasteiger partial charge in [-0.2, -0.15) is 0 Å². The van der Waals surface area contributed by atoms with E-state index in [4.69, 9.17) is 27.9 Å². The first-order valence-corrected chi connectivity index (χ1v) is 7.35. The number of pyridine rings is 1. The van der Waals surface area contributed by atoms with Crippen molar-refractivity contribution in [2.75, 3.05) is 6.61 Å². The first kappa shape index (κ1) is 14.8. The number of ketones is 1. The molecule has 0 N–H and O–H groups in total. The van der Waals surface area contributed by atoms with Crippen molar-refractivity contribution in [2.45, 2.75) is 0 Å². The van der Waals surface area contributed by atoms with Crippen LogP contribution in [0.4, 0.5) is 0 Å². The molecular weight excluding hydrogens is 321 g/mol. The number of nitrogens with zero attached hydrogens (tertiary/aromatic N) is 1. The summed E-state index contributed by atoms with van der Waals surface area (Å²) in [5, 5.41) is 1.98. The first-order valence-electron chi connectivity index (χ1n) is 6.60. The van der Waals surface area contributed by atoms with E-state index in [0.29, 0.717) is 26.9 Å². The van der Waals surface area contributed by atoms with Crippen molar-refractivity contribution in [2.24, 2.45) is 0 Å². The summed E-state index contributed by atoms with van der Waals surface area (Å²) in [4.78, 5) is 16.4. The second-order valence-corrected chi connectivity index (χ2v) is 5.51. The van der Waals surface area contributed by atoms with Gasteiger partial charge < -0.3 is 4.74 Å². The Bertz CT molecular complexity index is 832. The van der Waals surface area contributed by atoms with Crippen molar-refractivity contribution in [3.8, 4) is 5.75 Å². The molecule has 0 amide bonds. The van der Waals surface area contributed by atoms with E-state index in [1.54, 1.807) is 48.7 Å². The molecule has 0 bridgehead atoms. The van der Waals surface area contributed by atoms with Gasteiger partial charge in [-0.1, -0.05) is 23.2 Å². The van der Waals surface area contributed by atoms with Crippen molar-refractivity contribution in [3.05, 3.63) is 70.3 Å². The highest BCUT2D eigenvalue weighted by Crippen LogP contribution is 2.29. The summed E-state index contributed by atoms with van der Waals surface area (Å²) < 4.78 is 5.62. The minimum atomic E-state index is -0.129. The lowest BCUT2D eigenvalue weighted by Gasteiger charge is -2.09. The molecule has 110 valence electrons. The highest BCUT2D eigenvalue weighted by Gasteiger charge is 2.10. The van der Waals surface area contributed by atoms with E-state index in [1.807, 2.05) is 6.07 Å². The van der Waals surface area contributed by atoms with Crippen LogP contribution in [0.5, 0.6) is 5.75 Å². The van der Waals surface area contributed by atoms with Gasteiger partial charge in [0.05, 0.1) is 5.02 Å². The van der Waals surface area contributed by atoms with Crippen molar-refractivity contribution in [1.82, 2.24) is 4.98 Å². The standard InChI is InChI=1S/C17H11Cl2NO2/c18-12-5-3-11(4-6-12)15(21)10-22-16-8-7-14(19)13-2-1-9-20-17(13)16/h1-9H,10H2. The van der Waals surface area contributed by atoms with Crippen LogP contribution in [0.15, 0.2) is 54.7 Å². The third kappa shape index (κ3) is 3.06. The summed E-state index contributed by atoms with van der Waals surface area (Å²) >= 11 is 11.9. The third-order valence-electron chi connectivity index (χ3n) is 3.20. The average Bonchev–Trinajstić information content (AvgIpc) is 2.55. The molecule has 0 fully saturated rings. The monoisotopic (exact) mass is 331 g/mol. The molecule has 0 radical (unpaired) electrons. The molecule has 3 aromatic rings. The molecule has 0 aliphatic heterocycles. The van der Waals surface area contributed by atoms with Crippen LogP contribution in [0.25, 0.3) is 10.9 Å².